The molecule has 1 amide bonds. The zero-order valence-electron chi connectivity index (χ0n) is 12.5. The molecule has 1 aromatic carbocycles. The van der Waals surface area contributed by atoms with Gasteiger partial charge in [-0.05, 0) is 37.1 Å². The van der Waals surface area contributed by atoms with Crippen LogP contribution in [0.15, 0.2) is 18.2 Å². The summed E-state index contributed by atoms with van der Waals surface area (Å²) in [5.41, 5.74) is 1.03. The zero-order chi connectivity index (χ0) is 14.8. The SMILES string of the molecule is CC(NC(=O)C1CNCC1C)c1ccc2c(c1)OCCO2. The van der Waals surface area contributed by atoms with Crippen molar-refractivity contribution in [2.24, 2.45) is 11.8 Å². The van der Waals surface area contributed by atoms with E-state index in [2.05, 4.69) is 17.6 Å². The monoisotopic (exact) mass is 290 g/mol. The van der Waals surface area contributed by atoms with Crippen molar-refractivity contribution in [2.45, 2.75) is 19.9 Å². The van der Waals surface area contributed by atoms with Crippen LogP contribution in [0.5, 0.6) is 11.5 Å². The summed E-state index contributed by atoms with van der Waals surface area (Å²) in [4.78, 5) is 12.3. The first kappa shape index (κ1) is 14.2. The third-order valence-electron chi connectivity index (χ3n) is 4.28. The van der Waals surface area contributed by atoms with Gasteiger partial charge in [0.25, 0.3) is 0 Å². The highest BCUT2D eigenvalue weighted by Crippen LogP contribution is 2.32. The lowest BCUT2D eigenvalue weighted by Gasteiger charge is -2.22. The smallest absolute Gasteiger partial charge is 0.225 e. The maximum absolute atomic E-state index is 12.3. The lowest BCUT2D eigenvalue weighted by molar-refractivity contribution is -0.126. The molecule has 114 valence electrons. The average Bonchev–Trinajstić information content (AvgIpc) is 2.93. The van der Waals surface area contributed by atoms with Gasteiger partial charge >= 0.3 is 0 Å². The third-order valence-corrected chi connectivity index (χ3v) is 4.28. The fraction of sp³-hybridized carbons (Fsp3) is 0.562. The summed E-state index contributed by atoms with van der Waals surface area (Å²) >= 11 is 0. The lowest BCUT2D eigenvalue weighted by Crippen LogP contribution is -2.36. The summed E-state index contributed by atoms with van der Waals surface area (Å²) in [6, 6.07) is 5.80. The number of hydrogen-bond acceptors (Lipinski definition) is 4. The molecule has 1 saturated heterocycles. The number of amides is 1. The standard InChI is InChI=1S/C16H22N2O3/c1-10-8-17-9-13(10)16(19)18-11(2)12-3-4-14-15(7-12)21-6-5-20-14/h3-4,7,10-11,13,17H,5-6,8-9H2,1-2H3,(H,18,19). The number of carbonyl (C=O) groups is 1. The second-order valence-corrected chi connectivity index (χ2v) is 5.88. The Morgan fingerprint density at radius 3 is 2.76 bits per heavy atom. The second-order valence-electron chi connectivity index (χ2n) is 5.88. The van der Waals surface area contributed by atoms with Gasteiger partial charge < -0.3 is 20.1 Å². The van der Waals surface area contributed by atoms with Gasteiger partial charge in [0.15, 0.2) is 11.5 Å². The Hall–Kier alpha value is -1.75. The normalized spacial score (nSPS) is 25.4. The molecule has 3 unspecified atom stereocenters. The van der Waals surface area contributed by atoms with Crippen molar-refractivity contribution in [3.05, 3.63) is 23.8 Å². The summed E-state index contributed by atoms with van der Waals surface area (Å²) in [7, 11) is 0. The number of carbonyl (C=O) groups excluding carboxylic acids is 1. The van der Waals surface area contributed by atoms with Gasteiger partial charge in [0.05, 0.1) is 12.0 Å². The Balaban J connectivity index is 1.67. The molecule has 3 atom stereocenters. The average molecular weight is 290 g/mol. The van der Waals surface area contributed by atoms with Crippen LogP contribution in [-0.2, 0) is 4.79 Å². The first-order chi connectivity index (χ1) is 10.1. The van der Waals surface area contributed by atoms with Crippen molar-refractivity contribution in [1.29, 1.82) is 0 Å². The van der Waals surface area contributed by atoms with Crippen LogP contribution in [0.3, 0.4) is 0 Å². The van der Waals surface area contributed by atoms with E-state index in [1.807, 2.05) is 25.1 Å². The fourth-order valence-electron chi connectivity index (χ4n) is 2.89. The van der Waals surface area contributed by atoms with Crippen LogP contribution in [-0.4, -0.2) is 32.2 Å². The van der Waals surface area contributed by atoms with Crippen LogP contribution in [0.4, 0.5) is 0 Å². The molecule has 0 aliphatic carbocycles. The minimum Gasteiger partial charge on any atom is -0.486 e. The Kier molecular flexibility index (Phi) is 4.01. The van der Waals surface area contributed by atoms with E-state index in [0.29, 0.717) is 19.1 Å². The van der Waals surface area contributed by atoms with Gasteiger partial charge in [0, 0.05) is 6.54 Å². The minimum atomic E-state index is -0.0406. The van der Waals surface area contributed by atoms with Crippen molar-refractivity contribution >= 4 is 5.91 Å². The maximum Gasteiger partial charge on any atom is 0.225 e. The molecule has 0 bridgehead atoms. The first-order valence-corrected chi connectivity index (χ1v) is 7.56. The van der Waals surface area contributed by atoms with Gasteiger partial charge in [-0.2, -0.15) is 0 Å². The summed E-state index contributed by atoms with van der Waals surface area (Å²) in [6.45, 7) is 6.94. The quantitative estimate of drug-likeness (QED) is 0.885. The Morgan fingerprint density at radius 2 is 2.05 bits per heavy atom. The van der Waals surface area contributed by atoms with Crippen LogP contribution < -0.4 is 20.1 Å². The first-order valence-electron chi connectivity index (χ1n) is 7.56. The number of hydrogen-bond donors (Lipinski definition) is 2. The van der Waals surface area contributed by atoms with Gasteiger partial charge in [-0.25, -0.2) is 0 Å². The topological polar surface area (TPSA) is 59.6 Å². The van der Waals surface area contributed by atoms with E-state index < -0.39 is 0 Å². The number of benzene rings is 1. The molecule has 0 aromatic heterocycles. The molecular formula is C16H22N2O3. The molecule has 2 aliphatic heterocycles. The van der Waals surface area contributed by atoms with Gasteiger partial charge in [-0.3, -0.25) is 4.79 Å². The third kappa shape index (κ3) is 2.97. The van der Waals surface area contributed by atoms with Crippen LogP contribution in [0.25, 0.3) is 0 Å². The van der Waals surface area contributed by atoms with E-state index in [1.165, 1.54) is 0 Å². The van der Waals surface area contributed by atoms with E-state index in [9.17, 15) is 4.79 Å². The molecular weight excluding hydrogens is 268 g/mol. The van der Waals surface area contributed by atoms with Crippen molar-refractivity contribution in [3.8, 4) is 11.5 Å². The van der Waals surface area contributed by atoms with E-state index in [-0.39, 0.29) is 17.9 Å². The van der Waals surface area contributed by atoms with Gasteiger partial charge in [-0.1, -0.05) is 13.0 Å². The Labute approximate surface area is 125 Å². The van der Waals surface area contributed by atoms with Crippen molar-refractivity contribution < 1.29 is 14.3 Å². The molecule has 0 saturated carbocycles. The molecule has 2 N–H and O–H groups in total. The van der Waals surface area contributed by atoms with E-state index in [0.717, 1.165) is 30.2 Å². The molecule has 0 radical (unpaired) electrons. The van der Waals surface area contributed by atoms with Gasteiger partial charge in [-0.15, -0.1) is 0 Å². The lowest BCUT2D eigenvalue weighted by atomic mass is 9.96. The molecule has 1 aromatic rings. The predicted molar refractivity (Wildman–Crippen MR) is 79.5 cm³/mol. The Bertz CT molecular complexity index is 532. The molecule has 2 aliphatic rings. The number of nitrogens with one attached hydrogen (secondary N) is 2. The van der Waals surface area contributed by atoms with E-state index in [1.54, 1.807) is 0 Å². The number of rotatable bonds is 3. The van der Waals surface area contributed by atoms with Crippen LogP contribution in [0, 0.1) is 11.8 Å². The van der Waals surface area contributed by atoms with Crippen LogP contribution in [0.1, 0.15) is 25.5 Å². The van der Waals surface area contributed by atoms with Crippen LogP contribution >= 0.6 is 0 Å². The number of ether oxygens (including phenoxy) is 2. The highest BCUT2D eigenvalue weighted by atomic mass is 16.6. The second kappa shape index (κ2) is 5.93. The molecule has 0 spiro atoms. The number of fused-ring (bicyclic) bond motifs is 1. The minimum absolute atomic E-state index is 0.0406. The Morgan fingerprint density at radius 1 is 1.29 bits per heavy atom. The molecule has 3 rings (SSSR count). The van der Waals surface area contributed by atoms with Crippen molar-refractivity contribution in [1.82, 2.24) is 10.6 Å². The van der Waals surface area contributed by atoms with Crippen molar-refractivity contribution in [2.75, 3.05) is 26.3 Å². The fourth-order valence-corrected chi connectivity index (χ4v) is 2.89. The maximum atomic E-state index is 12.3. The van der Waals surface area contributed by atoms with Gasteiger partial charge in [0.2, 0.25) is 5.91 Å². The summed E-state index contributed by atoms with van der Waals surface area (Å²) in [6.07, 6.45) is 0. The van der Waals surface area contributed by atoms with Crippen LogP contribution in [0.2, 0.25) is 0 Å². The predicted octanol–water partition coefficient (Wildman–Crippen LogP) is 1.49. The molecule has 2 heterocycles. The molecule has 1 fully saturated rings. The largest absolute Gasteiger partial charge is 0.486 e. The summed E-state index contributed by atoms with van der Waals surface area (Å²) < 4.78 is 11.1. The van der Waals surface area contributed by atoms with Gasteiger partial charge in [0.1, 0.15) is 13.2 Å². The van der Waals surface area contributed by atoms with E-state index in [4.69, 9.17) is 9.47 Å². The van der Waals surface area contributed by atoms with Crippen molar-refractivity contribution in [3.63, 3.8) is 0 Å². The van der Waals surface area contributed by atoms with E-state index >= 15 is 0 Å². The highest BCUT2D eigenvalue weighted by Gasteiger charge is 2.30. The molecule has 5 heteroatoms. The highest BCUT2D eigenvalue weighted by molar-refractivity contribution is 5.80. The summed E-state index contributed by atoms with van der Waals surface area (Å²) in [5, 5.41) is 6.36. The molecule has 21 heavy (non-hydrogen) atoms. The summed E-state index contributed by atoms with van der Waals surface area (Å²) in [5.74, 6) is 2.10. The zero-order valence-corrected chi connectivity index (χ0v) is 12.5. The molecule has 5 nitrogen and oxygen atoms in total.